The molecule has 0 saturated heterocycles. The molecule has 3 N–H and O–H groups in total. The van der Waals surface area contributed by atoms with E-state index in [1.54, 1.807) is 40.9 Å². The van der Waals surface area contributed by atoms with Crippen LogP contribution in [0.15, 0.2) is 59.8 Å². The van der Waals surface area contributed by atoms with E-state index in [0.29, 0.717) is 28.0 Å². The number of thioether (sulfide) groups is 1. The summed E-state index contributed by atoms with van der Waals surface area (Å²) >= 11 is 1.44. The number of urea groups is 1. The maximum absolute atomic E-state index is 12.8. The van der Waals surface area contributed by atoms with Crippen LogP contribution in [0.2, 0.25) is 0 Å². The zero-order valence-corrected chi connectivity index (χ0v) is 19.2. The lowest BCUT2D eigenvalue weighted by Crippen LogP contribution is -2.20. The Morgan fingerprint density at radius 2 is 1.58 bits per heavy atom. The van der Waals surface area contributed by atoms with Crippen LogP contribution in [0.5, 0.6) is 0 Å². The Morgan fingerprint density at radius 3 is 2.30 bits per heavy atom. The molecule has 9 nitrogen and oxygen atoms in total. The molecule has 2 aromatic carbocycles. The number of rotatable bonds is 6. The van der Waals surface area contributed by atoms with E-state index in [0.717, 1.165) is 17.0 Å². The minimum absolute atomic E-state index is 0.140. The molecule has 0 aliphatic rings. The Bertz CT molecular complexity index is 1320. The number of carbonyl (C=O) groups excluding carboxylic acids is 2. The summed E-state index contributed by atoms with van der Waals surface area (Å²) in [6, 6.07) is 15.8. The number of benzene rings is 2. The van der Waals surface area contributed by atoms with Crippen LogP contribution in [0.4, 0.5) is 21.9 Å². The van der Waals surface area contributed by atoms with Gasteiger partial charge in [0.1, 0.15) is 0 Å². The third-order valence-corrected chi connectivity index (χ3v) is 5.52. The van der Waals surface area contributed by atoms with Gasteiger partial charge in [0.05, 0.1) is 6.42 Å². The lowest BCUT2D eigenvalue weighted by atomic mass is 10.1. The lowest BCUT2D eigenvalue weighted by molar-refractivity contribution is -0.115. The van der Waals surface area contributed by atoms with Crippen molar-refractivity contribution >= 4 is 46.5 Å². The Labute approximate surface area is 195 Å². The summed E-state index contributed by atoms with van der Waals surface area (Å²) in [7, 11) is 0. The molecule has 2 heterocycles. The molecule has 0 atom stereocenters. The molecule has 0 fully saturated rings. The summed E-state index contributed by atoms with van der Waals surface area (Å²) in [4.78, 5) is 33.9. The van der Waals surface area contributed by atoms with E-state index >= 15 is 0 Å². The summed E-state index contributed by atoms with van der Waals surface area (Å²) < 4.78 is 1.66. The highest BCUT2D eigenvalue weighted by atomic mass is 32.2. The third-order valence-electron chi connectivity index (χ3n) is 4.99. The minimum Gasteiger partial charge on any atom is -0.326 e. The molecular weight excluding hydrogens is 438 g/mol. The maximum atomic E-state index is 12.8. The van der Waals surface area contributed by atoms with E-state index < -0.39 is 0 Å². The number of aryl methyl sites for hydroxylation is 2. The molecule has 0 radical (unpaired) electrons. The first kappa shape index (κ1) is 22.3. The van der Waals surface area contributed by atoms with E-state index in [1.165, 1.54) is 11.8 Å². The van der Waals surface area contributed by atoms with Crippen LogP contribution in [0.1, 0.15) is 17.0 Å². The average Bonchev–Trinajstić information content (AvgIpc) is 3.21. The molecule has 3 amide bonds. The molecule has 10 heteroatoms. The number of hydrogen-bond acceptors (Lipinski definition) is 6. The van der Waals surface area contributed by atoms with Crippen molar-refractivity contribution in [3.63, 3.8) is 0 Å². The van der Waals surface area contributed by atoms with Crippen molar-refractivity contribution in [1.82, 2.24) is 19.6 Å². The van der Waals surface area contributed by atoms with Crippen LogP contribution >= 0.6 is 11.8 Å². The number of aromatic nitrogens is 4. The number of nitrogens with zero attached hydrogens (tertiary/aromatic N) is 4. The Balaban J connectivity index is 1.43. The number of amides is 3. The monoisotopic (exact) mass is 461 g/mol. The highest BCUT2D eigenvalue weighted by Gasteiger charge is 2.16. The molecule has 0 aliphatic heterocycles. The van der Waals surface area contributed by atoms with Gasteiger partial charge in [-0.05, 0) is 50.4 Å². The molecule has 2 aromatic heterocycles. The standard InChI is InChI=1S/C23H23N7O2S/c1-14-19(15(2)30-21(24-14)28-23(29-30)33-3)13-20(31)25-17-10-7-11-18(12-17)27-22(32)26-16-8-5-4-6-9-16/h4-12H,13H2,1-3H3,(H,25,31)(H2,26,27,32). The Hall–Kier alpha value is -3.92. The third kappa shape index (κ3) is 5.29. The highest BCUT2D eigenvalue weighted by Crippen LogP contribution is 2.19. The molecule has 0 spiro atoms. The topological polar surface area (TPSA) is 113 Å². The van der Waals surface area contributed by atoms with Crippen LogP contribution in [-0.4, -0.2) is 37.8 Å². The van der Waals surface area contributed by atoms with Crippen molar-refractivity contribution in [2.75, 3.05) is 22.2 Å². The largest absolute Gasteiger partial charge is 0.326 e. The fourth-order valence-corrected chi connectivity index (χ4v) is 3.72. The first-order valence-electron chi connectivity index (χ1n) is 10.2. The summed E-state index contributed by atoms with van der Waals surface area (Å²) in [5.41, 5.74) is 4.19. The van der Waals surface area contributed by atoms with Crippen molar-refractivity contribution in [2.24, 2.45) is 0 Å². The van der Waals surface area contributed by atoms with Crippen molar-refractivity contribution in [3.8, 4) is 0 Å². The number of nitrogens with one attached hydrogen (secondary N) is 3. The van der Waals surface area contributed by atoms with Crippen molar-refractivity contribution in [1.29, 1.82) is 0 Å². The summed E-state index contributed by atoms with van der Waals surface area (Å²) in [5, 5.41) is 13.5. The zero-order chi connectivity index (χ0) is 23.4. The molecule has 33 heavy (non-hydrogen) atoms. The smallest absolute Gasteiger partial charge is 0.323 e. The van der Waals surface area contributed by atoms with Gasteiger partial charge in [0.2, 0.25) is 11.1 Å². The van der Waals surface area contributed by atoms with Crippen LogP contribution in [0, 0.1) is 13.8 Å². The van der Waals surface area contributed by atoms with Crippen LogP contribution in [0.25, 0.3) is 5.78 Å². The molecular formula is C23H23N7O2S. The number of hydrogen-bond donors (Lipinski definition) is 3. The zero-order valence-electron chi connectivity index (χ0n) is 18.4. The van der Waals surface area contributed by atoms with Gasteiger partial charge in [-0.3, -0.25) is 4.79 Å². The molecule has 4 rings (SSSR count). The number of fused-ring (bicyclic) bond motifs is 1. The van der Waals surface area contributed by atoms with Crippen molar-refractivity contribution in [3.05, 3.63) is 71.5 Å². The number of para-hydroxylation sites is 1. The predicted molar refractivity (Wildman–Crippen MR) is 130 cm³/mol. The Kier molecular flexibility index (Phi) is 6.55. The van der Waals surface area contributed by atoms with Crippen LogP contribution < -0.4 is 16.0 Å². The van der Waals surface area contributed by atoms with E-state index in [2.05, 4.69) is 31.0 Å². The van der Waals surface area contributed by atoms with Gasteiger partial charge in [-0.2, -0.15) is 4.98 Å². The van der Waals surface area contributed by atoms with E-state index in [4.69, 9.17) is 0 Å². The van der Waals surface area contributed by atoms with Gasteiger partial charge in [0, 0.05) is 34.0 Å². The first-order valence-corrected chi connectivity index (χ1v) is 11.4. The number of carbonyl (C=O) groups is 2. The van der Waals surface area contributed by atoms with Crippen LogP contribution in [-0.2, 0) is 11.2 Å². The van der Waals surface area contributed by atoms with Gasteiger partial charge in [-0.15, -0.1) is 5.10 Å². The normalized spacial score (nSPS) is 10.8. The molecule has 0 unspecified atom stereocenters. The second kappa shape index (κ2) is 9.70. The molecule has 0 aliphatic carbocycles. The van der Waals surface area contributed by atoms with Crippen molar-refractivity contribution in [2.45, 2.75) is 25.4 Å². The average molecular weight is 462 g/mol. The quantitative estimate of drug-likeness (QED) is 0.369. The van der Waals surface area contributed by atoms with Gasteiger partial charge in [-0.1, -0.05) is 36.0 Å². The van der Waals surface area contributed by atoms with Gasteiger partial charge in [0.15, 0.2) is 0 Å². The van der Waals surface area contributed by atoms with Gasteiger partial charge >= 0.3 is 6.03 Å². The summed E-state index contributed by atoms with van der Waals surface area (Å²) in [5.74, 6) is 0.324. The maximum Gasteiger partial charge on any atom is 0.323 e. The molecule has 0 bridgehead atoms. The lowest BCUT2D eigenvalue weighted by Gasteiger charge is -2.12. The Morgan fingerprint density at radius 1 is 0.909 bits per heavy atom. The number of anilines is 3. The fourth-order valence-electron chi connectivity index (χ4n) is 3.39. The van der Waals surface area contributed by atoms with E-state index in [1.807, 2.05) is 38.3 Å². The summed E-state index contributed by atoms with van der Waals surface area (Å²) in [6.07, 6.45) is 2.04. The summed E-state index contributed by atoms with van der Waals surface area (Å²) in [6.45, 7) is 3.76. The van der Waals surface area contributed by atoms with Gasteiger partial charge in [-0.25, -0.2) is 14.3 Å². The van der Waals surface area contributed by atoms with Crippen LogP contribution in [0.3, 0.4) is 0 Å². The fraction of sp³-hybridized carbons (Fsp3) is 0.174. The first-order chi connectivity index (χ1) is 15.9. The second-order valence-corrected chi connectivity index (χ2v) is 8.10. The van der Waals surface area contributed by atoms with Crippen molar-refractivity contribution < 1.29 is 9.59 Å². The minimum atomic E-state index is -0.368. The molecule has 168 valence electrons. The highest BCUT2D eigenvalue weighted by molar-refractivity contribution is 7.98. The van der Waals surface area contributed by atoms with Gasteiger partial charge < -0.3 is 16.0 Å². The predicted octanol–water partition coefficient (Wildman–Crippen LogP) is 4.29. The van der Waals surface area contributed by atoms with E-state index in [9.17, 15) is 9.59 Å². The van der Waals surface area contributed by atoms with E-state index in [-0.39, 0.29) is 18.4 Å². The van der Waals surface area contributed by atoms with Gasteiger partial charge in [0.25, 0.3) is 5.78 Å². The SMILES string of the molecule is CSc1nc2nc(C)c(CC(=O)Nc3cccc(NC(=O)Nc4ccccc4)c3)c(C)n2n1. The molecule has 0 saturated carbocycles. The second-order valence-electron chi connectivity index (χ2n) is 7.32. The molecule has 4 aromatic rings.